The Kier molecular flexibility index (Phi) is 3.84. The van der Waals surface area contributed by atoms with Crippen LogP contribution in [0.5, 0.6) is 0 Å². The van der Waals surface area contributed by atoms with E-state index in [1.807, 2.05) is 7.05 Å². The molecule has 1 aliphatic heterocycles. The fourth-order valence-electron chi connectivity index (χ4n) is 2.63. The summed E-state index contributed by atoms with van der Waals surface area (Å²) >= 11 is 0. The summed E-state index contributed by atoms with van der Waals surface area (Å²) in [5.74, 6) is 0.630. The van der Waals surface area contributed by atoms with Gasteiger partial charge in [0.2, 0.25) is 0 Å². The van der Waals surface area contributed by atoms with Gasteiger partial charge >= 0.3 is 0 Å². The molecule has 1 saturated heterocycles. The van der Waals surface area contributed by atoms with Crippen molar-refractivity contribution in [2.24, 2.45) is 5.92 Å². The minimum Gasteiger partial charge on any atom is -0.381 e. The molecule has 1 aromatic rings. The lowest BCUT2D eigenvalue weighted by molar-refractivity contribution is 0.181. The first kappa shape index (κ1) is 12.6. The Morgan fingerprint density at radius 3 is 2.88 bits per heavy atom. The van der Waals surface area contributed by atoms with Crippen molar-refractivity contribution in [1.82, 2.24) is 15.1 Å². The summed E-state index contributed by atoms with van der Waals surface area (Å²) in [4.78, 5) is 0. The first-order valence-electron chi connectivity index (χ1n) is 6.42. The number of rotatable bonds is 4. The van der Waals surface area contributed by atoms with Gasteiger partial charge in [-0.15, -0.1) is 0 Å². The molecule has 0 saturated carbocycles. The second kappa shape index (κ2) is 5.19. The zero-order valence-electron chi connectivity index (χ0n) is 11.3. The number of aromatic nitrogens is 2. The normalized spacial score (nSPS) is 22.0. The molecule has 0 aromatic carbocycles. The maximum Gasteiger partial charge on any atom is 0.0644 e. The second-order valence-corrected chi connectivity index (χ2v) is 5.01. The van der Waals surface area contributed by atoms with E-state index in [2.05, 4.69) is 35.9 Å². The van der Waals surface area contributed by atoms with Crippen LogP contribution in [0.15, 0.2) is 0 Å². The van der Waals surface area contributed by atoms with Gasteiger partial charge in [0.25, 0.3) is 0 Å². The van der Waals surface area contributed by atoms with Crippen LogP contribution in [0, 0.1) is 19.8 Å². The van der Waals surface area contributed by atoms with Crippen molar-refractivity contribution in [2.75, 3.05) is 20.3 Å². The molecule has 1 fully saturated rings. The molecule has 4 nitrogen and oxygen atoms in total. The van der Waals surface area contributed by atoms with Gasteiger partial charge in [0, 0.05) is 36.4 Å². The van der Waals surface area contributed by atoms with Crippen molar-refractivity contribution < 1.29 is 4.74 Å². The highest BCUT2D eigenvalue weighted by atomic mass is 16.5. The molecule has 17 heavy (non-hydrogen) atoms. The molecular weight excluding hydrogens is 214 g/mol. The fraction of sp³-hybridized carbons (Fsp3) is 0.769. The average molecular weight is 237 g/mol. The van der Waals surface area contributed by atoms with Crippen molar-refractivity contribution >= 4 is 0 Å². The summed E-state index contributed by atoms with van der Waals surface area (Å²) in [6, 6.07) is 0.364. The van der Waals surface area contributed by atoms with E-state index in [0.29, 0.717) is 12.0 Å². The van der Waals surface area contributed by atoms with Gasteiger partial charge in [-0.25, -0.2) is 0 Å². The Balaban J connectivity index is 2.17. The maximum absolute atomic E-state index is 5.42. The van der Waals surface area contributed by atoms with Gasteiger partial charge in [0.05, 0.1) is 12.3 Å². The summed E-state index contributed by atoms with van der Waals surface area (Å²) in [7, 11) is 1.99. The van der Waals surface area contributed by atoms with E-state index >= 15 is 0 Å². The summed E-state index contributed by atoms with van der Waals surface area (Å²) in [5, 5.41) is 7.96. The molecule has 1 aromatic heterocycles. The number of hydrogen-bond donors (Lipinski definition) is 1. The second-order valence-electron chi connectivity index (χ2n) is 5.01. The van der Waals surface area contributed by atoms with E-state index in [0.717, 1.165) is 31.9 Å². The van der Waals surface area contributed by atoms with E-state index in [4.69, 9.17) is 4.74 Å². The molecule has 4 heteroatoms. The van der Waals surface area contributed by atoms with Gasteiger partial charge < -0.3 is 10.1 Å². The topological polar surface area (TPSA) is 39.1 Å². The molecule has 0 spiro atoms. The SMILES string of the molecule is CNC(C)c1c(C)nn(CC2CCOC2)c1C. The predicted octanol–water partition coefficient (Wildman–Crippen LogP) is 1.82. The monoisotopic (exact) mass is 237 g/mol. The van der Waals surface area contributed by atoms with Gasteiger partial charge in [-0.05, 0) is 34.2 Å². The van der Waals surface area contributed by atoms with E-state index in [1.165, 1.54) is 11.3 Å². The van der Waals surface area contributed by atoms with Gasteiger partial charge in [-0.1, -0.05) is 0 Å². The molecule has 1 N–H and O–H groups in total. The van der Waals surface area contributed by atoms with E-state index in [9.17, 15) is 0 Å². The number of nitrogens with zero attached hydrogens (tertiary/aromatic N) is 2. The molecule has 2 rings (SSSR count). The molecule has 0 radical (unpaired) electrons. The van der Waals surface area contributed by atoms with Crippen LogP contribution in [0.4, 0.5) is 0 Å². The van der Waals surface area contributed by atoms with Crippen LogP contribution in [0.25, 0.3) is 0 Å². The molecule has 0 amide bonds. The van der Waals surface area contributed by atoms with Crippen LogP contribution in [0.1, 0.15) is 36.3 Å². The molecule has 1 aliphatic rings. The third-order valence-electron chi connectivity index (χ3n) is 3.76. The predicted molar refractivity (Wildman–Crippen MR) is 68.1 cm³/mol. The first-order chi connectivity index (χ1) is 8.13. The zero-order chi connectivity index (χ0) is 12.4. The van der Waals surface area contributed by atoms with Crippen LogP contribution in [0.2, 0.25) is 0 Å². The summed E-state index contributed by atoms with van der Waals surface area (Å²) in [6.07, 6.45) is 1.16. The van der Waals surface area contributed by atoms with Crippen molar-refractivity contribution in [2.45, 2.75) is 39.8 Å². The third kappa shape index (κ3) is 2.53. The van der Waals surface area contributed by atoms with Crippen molar-refractivity contribution in [3.63, 3.8) is 0 Å². The zero-order valence-corrected chi connectivity index (χ0v) is 11.3. The average Bonchev–Trinajstić information content (AvgIpc) is 2.89. The van der Waals surface area contributed by atoms with Crippen molar-refractivity contribution in [1.29, 1.82) is 0 Å². The summed E-state index contributed by atoms with van der Waals surface area (Å²) in [5.41, 5.74) is 3.77. The molecule has 0 bridgehead atoms. The van der Waals surface area contributed by atoms with E-state index in [-0.39, 0.29) is 0 Å². The summed E-state index contributed by atoms with van der Waals surface area (Å²) < 4.78 is 7.57. The molecule has 0 aliphatic carbocycles. The number of ether oxygens (including phenoxy) is 1. The van der Waals surface area contributed by atoms with Crippen molar-refractivity contribution in [3.8, 4) is 0 Å². The summed E-state index contributed by atoms with van der Waals surface area (Å²) in [6.45, 7) is 9.22. The Hall–Kier alpha value is -0.870. The quantitative estimate of drug-likeness (QED) is 0.868. The lowest BCUT2D eigenvalue weighted by atomic mass is 10.1. The number of hydrogen-bond acceptors (Lipinski definition) is 3. The number of aryl methyl sites for hydroxylation is 1. The molecule has 2 atom stereocenters. The molecular formula is C13H23N3O. The van der Waals surface area contributed by atoms with Crippen LogP contribution >= 0.6 is 0 Å². The Labute approximate surface area is 103 Å². The Bertz CT molecular complexity index is 380. The Morgan fingerprint density at radius 2 is 2.29 bits per heavy atom. The highest BCUT2D eigenvalue weighted by Gasteiger charge is 2.21. The van der Waals surface area contributed by atoms with Gasteiger partial charge in [-0.2, -0.15) is 5.10 Å². The lowest BCUT2D eigenvalue weighted by Gasteiger charge is -2.13. The first-order valence-corrected chi connectivity index (χ1v) is 6.42. The van der Waals surface area contributed by atoms with Gasteiger partial charge in [-0.3, -0.25) is 4.68 Å². The highest BCUT2D eigenvalue weighted by molar-refractivity contribution is 5.27. The lowest BCUT2D eigenvalue weighted by Crippen LogP contribution is -2.16. The van der Waals surface area contributed by atoms with E-state index in [1.54, 1.807) is 0 Å². The third-order valence-corrected chi connectivity index (χ3v) is 3.76. The Morgan fingerprint density at radius 1 is 1.53 bits per heavy atom. The van der Waals surface area contributed by atoms with Crippen LogP contribution in [-0.2, 0) is 11.3 Å². The minimum atomic E-state index is 0.364. The minimum absolute atomic E-state index is 0.364. The van der Waals surface area contributed by atoms with Crippen LogP contribution in [0.3, 0.4) is 0 Å². The molecule has 2 heterocycles. The molecule has 2 unspecified atom stereocenters. The molecule has 96 valence electrons. The largest absolute Gasteiger partial charge is 0.381 e. The maximum atomic E-state index is 5.42. The van der Waals surface area contributed by atoms with Crippen LogP contribution in [-0.4, -0.2) is 30.0 Å². The smallest absolute Gasteiger partial charge is 0.0644 e. The van der Waals surface area contributed by atoms with Gasteiger partial charge in [0.15, 0.2) is 0 Å². The fourth-order valence-corrected chi connectivity index (χ4v) is 2.63. The van der Waals surface area contributed by atoms with Crippen molar-refractivity contribution in [3.05, 3.63) is 17.0 Å². The standard InChI is InChI=1S/C13H23N3O/c1-9(14-4)13-10(2)15-16(11(13)3)7-12-5-6-17-8-12/h9,12,14H,5-8H2,1-4H3. The number of nitrogens with one attached hydrogen (secondary N) is 1. The van der Waals surface area contributed by atoms with Crippen LogP contribution < -0.4 is 5.32 Å². The van der Waals surface area contributed by atoms with Gasteiger partial charge in [0.1, 0.15) is 0 Å². The highest BCUT2D eigenvalue weighted by Crippen LogP contribution is 2.23. The van der Waals surface area contributed by atoms with E-state index < -0.39 is 0 Å².